The van der Waals surface area contributed by atoms with Crippen molar-refractivity contribution >= 4 is 45.9 Å². The first-order valence-corrected chi connectivity index (χ1v) is 14.0. The molecule has 0 saturated carbocycles. The number of amides is 1. The summed E-state index contributed by atoms with van der Waals surface area (Å²) in [5.74, 6) is -0.110. The van der Waals surface area contributed by atoms with Gasteiger partial charge < -0.3 is 24.1 Å². The smallest absolute Gasteiger partial charge is 0.348 e. The lowest BCUT2D eigenvalue weighted by atomic mass is 10.1. The van der Waals surface area contributed by atoms with Gasteiger partial charge in [0.1, 0.15) is 22.2 Å². The molecule has 0 bridgehead atoms. The van der Waals surface area contributed by atoms with E-state index < -0.39 is 11.9 Å². The van der Waals surface area contributed by atoms with Gasteiger partial charge in [0.15, 0.2) is 11.0 Å². The number of thiophene rings is 1. The van der Waals surface area contributed by atoms with E-state index in [4.69, 9.17) is 14.2 Å². The van der Waals surface area contributed by atoms with Gasteiger partial charge in [-0.25, -0.2) is 9.59 Å². The van der Waals surface area contributed by atoms with Crippen LogP contribution in [0.3, 0.4) is 0 Å². The van der Waals surface area contributed by atoms with Gasteiger partial charge in [0, 0.05) is 6.54 Å². The Hall–Kier alpha value is -3.38. The maximum Gasteiger partial charge on any atom is 0.348 e. The number of nitrogens with one attached hydrogen (secondary N) is 1. The fourth-order valence-corrected chi connectivity index (χ4v) is 5.68. The van der Waals surface area contributed by atoms with Crippen LogP contribution in [0.5, 0.6) is 5.75 Å². The number of ether oxygens (including phenoxy) is 3. The molecule has 38 heavy (non-hydrogen) atoms. The SMILES string of the molecule is CCOC(=O)c1sc(NC(=O)CSc2nnc(COc3cc(C)cc(C)c3)n2CC)c(C(=O)OCC)c1C. The molecule has 2 aromatic heterocycles. The maximum absolute atomic E-state index is 12.8. The minimum Gasteiger partial charge on any atom is -0.486 e. The summed E-state index contributed by atoms with van der Waals surface area (Å²) in [6.07, 6.45) is 0. The Labute approximate surface area is 230 Å². The highest BCUT2D eigenvalue weighted by Crippen LogP contribution is 2.34. The third-order valence-electron chi connectivity index (χ3n) is 5.35. The molecule has 0 radical (unpaired) electrons. The van der Waals surface area contributed by atoms with Gasteiger partial charge >= 0.3 is 11.9 Å². The van der Waals surface area contributed by atoms with Crippen molar-refractivity contribution in [3.05, 3.63) is 51.2 Å². The Kier molecular flexibility index (Phi) is 10.3. The predicted octanol–water partition coefficient (Wildman–Crippen LogP) is 4.95. The number of rotatable bonds is 12. The standard InChI is InChI=1S/C26H32N4O6S2/c1-7-30-19(13-36-18-11-15(4)10-16(5)12-18)28-29-26(30)37-14-20(31)27-23-21(24(32)34-8-2)17(6)22(38-23)25(33)35-9-3/h10-12H,7-9,13-14H2,1-6H3,(H,27,31). The normalized spacial score (nSPS) is 10.8. The molecule has 1 N–H and O–H groups in total. The summed E-state index contributed by atoms with van der Waals surface area (Å²) in [6, 6.07) is 6.00. The molecule has 0 fully saturated rings. The number of anilines is 1. The first-order chi connectivity index (χ1) is 18.2. The first-order valence-electron chi connectivity index (χ1n) is 12.2. The highest BCUT2D eigenvalue weighted by molar-refractivity contribution is 7.99. The number of hydrogen-bond donors (Lipinski definition) is 1. The second kappa shape index (κ2) is 13.4. The number of aromatic nitrogens is 3. The number of aryl methyl sites for hydroxylation is 2. The molecular weight excluding hydrogens is 528 g/mol. The van der Waals surface area contributed by atoms with E-state index in [9.17, 15) is 14.4 Å². The molecule has 2 heterocycles. The predicted molar refractivity (Wildman–Crippen MR) is 146 cm³/mol. The largest absolute Gasteiger partial charge is 0.486 e. The van der Waals surface area contributed by atoms with Gasteiger partial charge in [0.2, 0.25) is 5.91 Å². The molecule has 204 valence electrons. The van der Waals surface area contributed by atoms with E-state index in [1.165, 1.54) is 11.8 Å². The van der Waals surface area contributed by atoms with Gasteiger partial charge in [-0.05, 0) is 70.4 Å². The second-order valence-electron chi connectivity index (χ2n) is 8.29. The molecule has 1 aromatic carbocycles. The van der Waals surface area contributed by atoms with Gasteiger partial charge in [-0.2, -0.15) is 0 Å². The Morgan fingerprint density at radius 1 is 0.974 bits per heavy atom. The van der Waals surface area contributed by atoms with Gasteiger partial charge in [0.25, 0.3) is 0 Å². The van der Waals surface area contributed by atoms with Crippen molar-refractivity contribution in [2.75, 3.05) is 24.3 Å². The summed E-state index contributed by atoms with van der Waals surface area (Å²) in [5.41, 5.74) is 2.79. The molecule has 12 heteroatoms. The molecule has 0 aliphatic heterocycles. The van der Waals surface area contributed by atoms with Crippen molar-refractivity contribution in [2.45, 2.75) is 59.9 Å². The minimum atomic E-state index is -0.612. The van der Waals surface area contributed by atoms with Crippen molar-refractivity contribution in [1.29, 1.82) is 0 Å². The van der Waals surface area contributed by atoms with Crippen LogP contribution in [0.2, 0.25) is 0 Å². The van der Waals surface area contributed by atoms with Crippen molar-refractivity contribution in [1.82, 2.24) is 14.8 Å². The van der Waals surface area contributed by atoms with Crippen LogP contribution in [-0.2, 0) is 27.4 Å². The van der Waals surface area contributed by atoms with Gasteiger partial charge in [-0.3, -0.25) is 4.79 Å². The molecular formula is C26H32N4O6S2. The molecule has 3 rings (SSSR count). The fraction of sp³-hybridized carbons (Fsp3) is 0.423. The van der Waals surface area contributed by atoms with Gasteiger partial charge in [-0.15, -0.1) is 21.5 Å². The minimum absolute atomic E-state index is 0.0179. The number of carbonyl (C=O) groups is 3. The van der Waals surface area contributed by atoms with E-state index in [2.05, 4.69) is 21.6 Å². The van der Waals surface area contributed by atoms with Crippen molar-refractivity contribution in [2.24, 2.45) is 0 Å². The molecule has 1 amide bonds. The second-order valence-corrected chi connectivity index (χ2v) is 10.3. The van der Waals surface area contributed by atoms with Crippen LogP contribution in [0, 0.1) is 20.8 Å². The van der Waals surface area contributed by atoms with Gasteiger partial charge in [-0.1, -0.05) is 17.8 Å². The average molecular weight is 561 g/mol. The van der Waals surface area contributed by atoms with E-state index in [-0.39, 0.29) is 46.9 Å². The monoisotopic (exact) mass is 560 g/mol. The lowest BCUT2D eigenvalue weighted by molar-refractivity contribution is -0.113. The van der Waals surface area contributed by atoms with Crippen molar-refractivity contribution < 1.29 is 28.6 Å². The molecule has 0 aliphatic carbocycles. The number of thioether (sulfide) groups is 1. The van der Waals surface area contributed by atoms with E-state index in [1.54, 1.807) is 20.8 Å². The fourth-order valence-electron chi connectivity index (χ4n) is 3.75. The highest BCUT2D eigenvalue weighted by atomic mass is 32.2. The topological polar surface area (TPSA) is 122 Å². The van der Waals surface area contributed by atoms with Crippen LogP contribution < -0.4 is 10.1 Å². The Morgan fingerprint density at radius 2 is 1.63 bits per heavy atom. The van der Waals surface area contributed by atoms with Crippen LogP contribution in [0.25, 0.3) is 0 Å². The summed E-state index contributed by atoms with van der Waals surface area (Å²) in [6.45, 7) is 12.2. The number of benzene rings is 1. The van der Waals surface area contributed by atoms with Crippen LogP contribution in [0.1, 0.15) is 63.3 Å². The number of nitrogens with zero attached hydrogens (tertiary/aromatic N) is 3. The molecule has 0 spiro atoms. The zero-order valence-electron chi connectivity index (χ0n) is 22.4. The van der Waals surface area contributed by atoms with E-state index in [0.717, 1.165) is 28.2 Å². The molecule has 3 aromatic rings. The van der Waals surface area contributed by atoms with Crippen molar-refractivity contribution in [3.63, 3.8) is 0 Å². The van der Waals surface area contributed by atoms with Crippen LogP contribution >= 0.6 is 23.1 Å². The molecule has 10 nitrogen and oxygen atoms in total. The average Bonchev–Trinajstić information content (AvgIpc) is 3.40. The summed E-state index contributed by atoms with van der Waals surface area (Å²) in [5, 5.41) is 12.0. The Bertz CT molecular complexity index is 1300. The van der Waals surface area contributed by atoms with Crippen molar-refractivity contribution in [3.8, 4) is 5.75 Å². The van der Waals surface area contributed by atoms with E-state index in [1.807, 2.05) is 37.5 Å². The lowest BCUT2D eigenvalue weighted by Crippen LogP contribution is -2.17. The first kappa shape index (κ1) is 29.2. The summed E-state index contributed by atoms with van der Waals surface area (Å²) < 4.78 is 18.0. The molecule has 0 unspecified atom stereocenters. The van der Waals surface area contributed by atoms with E-state index >= 15 is 0 Å². The zero-order valence-corrected chi connectivity index (χ0v) is 24.0. The third-order valence-corrected chi connectivity index (χ3v) is 7.50. The molecule has 0 saturated heterocycles. The number of carbonyl (C=O) groups excluding carboxylic acids is 3. The summed E-state index contributed by atoms with van der Waals surface area (Å²) in [4.78, 5) is 38.0. The third kappa shape index (κ3) is 7.13. The maximum atomic E-state index is 12.8. The Morgan fingerprint density at radius 3 is 2.26 bits per heavy atom. The Balaban J connectivity index is 1.70. The van der Waals surface area contributed by atoms with Crippen LogP contribution in [0.4, 0.5) is 5.00 Å². The lowest BCUT2D eigenvalue weighted by Gasteiger charge is -2.10. The van der Waals surface area contributed by atoms with E-state index in [0.29, 0.717) is 23.1 Å². The van der Waals surface area contributed by atoms with Crippen LogP contribution in [-0.4, -0.2) is 51.6 Å². The molecule has 0 aliphatic rings. The van der Waals surface area contributed by atoms with Crippen LogP contribution in [0.15, 0.2) is 23.4 Å². The highest BCUT2D eigenvalue weighted by Gasteiger charge is 2.27. The summed E-state index contributed by atoms with van der Waals surface area (Å²) in [7, 11) is 0. The quantitative estimate of drug-likeness (QED) is 0.242. The van der Waals surface area contributed by atoms with Gasteiger partial charge in [0.05, 0.1) is 24.5 Å². The summed E-state index contributed by atoms with van der Waals surface area (Å²) >= 11 is 2.21. The number of hydrogen-bond acceptors (Lipinski definition) is 10. The number of esters is 2. The zero-order chi connectivity index (χ0) is 27.8. The molecule has 0 atom stereocenters.